The number of carbonyl (C=O) groups excluding carboxylic acids is 1. The number of halogens is 1. The van der Waals surface area contributed by atoms with Gasteiger partial charge in [-0.25, -0.2) is 8.42 Å². The van der Waals surface area contributed by atoms with E-state index >= 15 is 0 Å². The normalized spacial score (nSPS) is 14.0. The van der Waals surface area contributed by atoms with Gasteiger partial charge in [-0.2, -0.15) is 0 Å². The Hall–Kier alpha value is -2.32. The van der Waals surface area contributed by atoms with Crippen LogP contribution in [-0.4, -0.2) is 27.5 Å². The third-order valence-electron chi connectivity index (χ3n) is 4.75. The number of rotatable bonds is 9. The molecule has 0 aliphatic heterocycles. The summed E-state index contributed by atoms with van der Waals surface area (Å²) in [7, 11) is -3.70. The van der Waals surface area contributed by atoms with E-state index in [4.69, 9.17) is 4.74 Å². The van der Waals surface area contributed by atoms with Crippen molar-refractivity contribution < 1.29 is 17.9 Å². The molecule has 0 radical (unpaired) electrons. The lowest BCUT2D eigenvalue weighted by atomic mass is 9.97. The summed E-state index contributed by atoms with van der Waals surface area (Å²) in [4.78, 5) is 12.1. The largest absolute Gasteiger partial charge is 0.484 e. The molecule has 3 rings (SSSR count). The monoisotopic (exact) mass is 492 g/mol. The number of hydrogen-bond donors (Lipinski definition) is 2. The molecule has 0 fully saturated rings. The van der Waals surface area contributed by atoms with Gasteiger partial charge in [0.05, 0.1) is 4.90 Å². The molecule has 0 atom stereocenters. The Labute approximate surface area is 185 Å². The molecular weight excluding hydrogens is 468 g/mol. The summed E-state index contributed by atoms with van der Waals surface area (Å²) in [6.07, 6.45) is 7.89. The summed E-state index contributed by atoms with van der Waals surface area (Å²) in [6, 6.07) is 12.8. The zero-order valence-corrected chi connectivity index (χ0v) is 19.0. The Morgan fingerprint density at radius 1 is 1.03 bits per heavy atom. The van der Waals surface area contributed by atoms with Gasteiger partial charge in [-0.05, 0) is 80.6 Å². The lowest BCUT2D eigenvalue weighted by molar-refractivity contribution is -0.123. The van der Waals surface area contributed by atoms with Crippen molar-refractivity contribution in [3.63, 3.8) is 0 Å². The molecule has 2 N–H and O–H groups in total. The van der Waals surface area contributed by atoms with Gasteiger partial charge in [-0.3, -0.25) is 9.52 Å². The van der Waals surface area contributed by atoms with Gasteiger partial charge in [0.25, 0.3) is 15.9 Å². The number of benzene rings is 2. The maximum Gasteiger partial charge on any atom is 0.261 e. The zero-order valence-electron chi connectivity index (χ0n) is 16.6. The second kappa shape index (κ2) is 10.6. The van der Waals surface area contributed by atoms with Crippen LogP contribution < -0.4 is 14.8 Å². The highest BCUT2D eigenvalue weighted by Gasteiger charge is 2.14. The van der Waals surface area contributed by atoms with Crippen molar-refractivity contribution in [2.45, 2.75) is 37.0 Å². The minimum Gasteiger partial charge on any atom is -0.484 e. The molecule has 1 amide bonds. The van der Waals surface area contributed by atoms with Crippen LogP contribution in [0.1, 0.15) is 32.1 Å². The first-order valence-corrected chi connectivity index (χ1v) is 12.2. The Morgan fingerprint density at radius 2 is 1.77 bits per heavy atom. The van der Waals surface area contributed by atoms with Gasteiger partial charge >= 0.3 is 0 Å². The standard InChI is InChI=1S/C22H25BrN2O4S/c23-18-6-8-19(9-7-18)25-30(27,28)21-12-10-20(11-13-21)29-16-22(26)24-15-14-17-4-2-1-3-5-17/h4,6-13,25H,1-3,5,14-16H2,(H,24,26). The van der Waals surface area contributed by atoms with Crippen molar-refractivity contribution in [1.29, 1.82) is 0 Å². The molecule has 1 aliphatic rings. The van der Waals surface area contributed by atoms with Gasteiger partial charge in [-0.15, -0.1) is 0 Å². The van der Waals surface area contributed by atoms with Gasteiger partial charge in [0.1, 0.15) is 5.75 Å². The van der Waals surface area contributed by atoms with E-state index in [9.17, 15) is 13.2 Å². The van der Waals surface area contributed by atoms with Crippen LogP contribution in [0.5, 0.6) is 5.75 Å². The Kier molecular flexibility index (Phi) is 7.93. The molecule has 160 valence electrons. The topological polar surface area (TPSA) is 84.5 Å². The van der Waals surface area contributed by atoms with Crippen LogP contribution in [0.3, 0.4) is 0 Å². The van der Waals surface area contributed by atoms with Crippen LogP contribution in [-0.2, 0) is 14.8 Å². The van der Waals surface area contributed by atoms with Crippen LogP contribution >= 0.6 is 15.9 Å². The Bertz CT molecular complexity index is 987. The van der Waals surface area contributed by atoms with Gasteiger partial charge in [0, 0.05) is 16.7 Å². The maximum atomic E-state index is 12.5. The zero-order chi connectivity index (χ0) is 21.4. The lowest BCUT2D eigenvalue weighted by Crippen LogP contribution is -2.30. The van der Waals surface area contributed by atoms with Crippen LogP contribution in [0.25, 0.3) is 0 Å². The van der Waals surface area contributed by atoms with Gasteiger partial charge in [0.15, 0.2) is 6.61 Å². The molecular formula is C22H25BrN2O4S. The third-order valence-corrected chi connectivity index (χ3v) is 6.68. The number of anilines is 1. The molecule has 0 aromatic heterocycles. The van der Waals surface area contributed by atoms with Crippen molar-refractivity contribution in [3.8, 4) is 5.75 Å². The SMILES string of the molecule is O=C(COc1ccc(S(=O)(=O)Nc2ccc(Br)cc2)cc1)NCCC1=CCCCC1. The molecule has 6 nitrogen and oxygen atoms in total. The van der Waals surface area contributed by atoms with E-state index in [1.54, 1.807) is 24.3 Å². The van der Waals surface area contributed by atoms with Crippen LogP contribution in [0.15, 0.2) is 69.5 Å². The predicted octanol–water partition coefficient (Wildman–Crippen LogP) is 4.64. The van der Waals surface area contributed by atoms with Crippen molar-refractivity contribution >= 4 is 37.5 Å². The van der Waals surface area contributed by atoms with Crippen LogP contribution in [0.4, 0.5) is 5.69 Å². The minimum absolute atomic E-state index is 0.109. The summed E-state index contributed by atoms with van der Waals surface area (Å²) < 4.78 is 33.8. The quantitative estimate of drug-likeness (QED) is 0.499. The molecule has 2 aromatic rings. The first-order chi connectivity index (χ1) is 14.4. The van der Waals surface area contributed by atoms with E-state index in [2.05, 4.69) is 32.0 Å². The molecule has 0 bridgehead atoms. The van der Waals surface area contributed by atoms with Crippen LogP contribution in [0.2, 0.25) is 0 Å². The average molecular weight is 493 g/mol. The molecule has 0 saturated carbocycles. The molecule has 8 heteroatoms. The van der Waals surface area contributed by atoms with E-state index in [0.29, 0.717) is 18.0 Å². The molecule has 1 aliphatic carbocycles. The van der Waals surface area contributed by atoms with Crippen molar-refractivity contribution in [2.24, 2.45) is 0 Å². The van der Waals surface area contributed by atoms with Crippen molar-refractivity contribution in [1.82, 2.24) is 5.32 Å². The number of carbonyl (C=O) groups is 1. The first-order valence-electron chi connectivity index (χ1n) is 9.88. The summed E-state index contributed by atoms with van der Waals surface area (Å²) >= 11 is 3.31. The van der Waals surface area contributed by atoms with Gasteiger partial charge < -0.3 is 10.1 Å². The maximum absolute atomic E-state index is 12.5. The van der Waals surface area contributed by atoms with Crippen molar-refractivity contribution in [2.75, 3.05) is 17.9 Å². The molecule has 0 saturated heterocycles. The lowest BCUT2D eigenvalue weighted by Gasteiger charge is -2.13. The fraction of sp³-hybridized carbons (Fsp3) is 0.318. The number of ether oxygens (including phenoxy) is 1. The first kappa shape index (κ1) is 22.4. The number of allylic oxidation sites excluding steroid dienone is 1. The summed E-state index contributed by atoms with van der Waals surface area (Å²) in [6.45, 7) is 0.495. The Morgan fingerprint density at radius 3 is 2.43 bits per heavy atom. The van der Waals surface area contributed by atoms with E-state index in [1.807, 2.05) is 0 Å². The van der Waals surface area contributed by atoms with Crippen molar-refractivity contribution in [3.05, 3.63) is 64.7 Å². The summed E-state index contributed by atoms with van der Waals surface area (Å²) in [5, 5.41) is 2.85. The second-order valence-electron chi connectivity index (χ2n) is 7.08. The fourth-order valence-electron chi connectivity index (χ4n) is 3.14. The van der Waals surface area contributed by atoms with E-state index in [1.165, 1.54) is 42.7 Å². The number of hydrogen-bond acceptors (Lipinski definition) is 4. The second-order valence-corrected chi connectivity index (χ2v) is 9.68. The number of sulfonamides is 1. The molecule has 0 unspecified atom stereocenters. The average Bonchev–Trinajstić information content (AvgIpc) is 2.75. The number of amides is 1. The summed E-state index contributed by atoms with van der Waals surface area (Å²) in [5.41, 5.74) is 1.88. The van der Waals surface area contributed by atoms with E-state index < -0.39 is 10.0 Å². The predicted molar refractivity (Wildman–Crippen MR) is 121 cm³/mol. The van der Waals surface area contributed by atoms with Crippen LogP contribution in [0, 0.1) is 0 Å². The fourth-order valence-corrected chi connectivity index (χ4v) is 4.46. The highest BCUT2D eigenvalue weighted by atomic mass is 79.9. The Balaban J connectivity index is 1.46. The smallest absolute Gasteiger partial charge is 0.261 e. The third kappa shape index (κ3) is 6.88. The highest BCUT2D eigenvalue weighted by Crippen LogP contribution is 2.21. The molecule has 2 aromatic carbocycles. The molecule has 30 heavy (non-hydrogen) atoms. The van der Waals surface area contributed by atoms with Gasteiger partial charge in [0.2, 0.25) is 0 Å². The van der Waals surface area contributed by atoms with Gasteiger partial charge in [-0.1, -0.05) is 27.6 Å². The highest BCUT2D eigenvalue weighted by molar-refractivity contribution is 9.10. The number of nitrogens with one attached hydrogen (secondary N) is 2. The summed E-state index contributed by atoms with van der Waals surface area (Å²) in [5.74, 6) is 0.239. The minimum atomic E-state index is -3.70. The van der Waals surface area contributed by atoms with E-state index in [-0.39, 0.29) is 17.4 Å². The van der Waals surface area contributed by atoms with E-state index in [0.717, 1.165) is 23.7 Å². The molecule has 0 spiro atoms. The molecule has 0 heterocycles.